The van der Waals surface area contributed by atoms with Crippen molar-refractivity contribution in [3.8, 4) is 0 Å². The molecule has 2 heterocycles. The number of rotatable bonds is 4. The topological polar surface area (TPSA) is 70.1 Å². The molecule has 0 radical (unpaired) electrons. The summed E-state index contributed by atoms with van der Waals surface area (Å²) in [6.45, 7) is 5.87. The van der Waals surface area contributed by atoms with Crippen LogP contribution in [0, 0.1) is 5.92 Å². The van der Waals surface area contributed by atoms with Crippen LogP contribution in [0.5, 0.6) is 0 Å². The number of hydrogen-bond acceptors (Lipinski definition) is 4. The quantitative estimate of drug-likeness (QED) is 0.794. The molecule has 2 aliphatic rings. The van der Waals surface area contributed by atoms with Gasteiger partial charge in [0.15, 0.2) is 0 Å². The largest absolute Gasteiger partial charge is 0.396 e. The Kier molecular flexibility index (Phi) is 4.84. The van der Waals surface area contributed by atoms with Crippen molar-refractivity contribution >= 4 is 10.2 Å². The van der Waals surface area contributed by atoms with Gasteiger partial charge >= 0.3 is 0 Å². The minimum Gasteiger partial charge on any atom is -0.396 e. The molecule has 0 amide bonds. The minimum atomic E-state index is -3.37. The summed E-state index contributed by atoms with van der Waals surface area (Å²) in [6, 6.07) is 0. The zero-order chi connectivity index (χ0) is 14.0. The second-order valence-electron chi connectivity index (χ2n) is 5.61. The number of aliphatic hydroxyl groups is 1. The lowest BCUT2D eigenvalue weighted by molar-refractivity contribution is -0.0453. The molecule has 0 aromatic rings. The Balaban J connectivity index is 2.02. The summed E-state index contributed by atoms with van der Waals surface area (Å²) in [5.74, 6) is 0.288. The van der Waals surface area contributed by atoms with Crippen molar-refractivity contribution in [1.29, 1.82) is 0 Å². The molecule has 0 spiro atoms. The number of ether oxygens (including phenoxy) is 1. The zero-order valence-electron chi connectivity index (χ0n) is 11.7. The SMILES string of the molecule is CC1CN(S(=O)(=O)N2CCC(CCO)C2)CC(C)O1. The smallest absolute Gasteiger partial charge is 0.282 e. The third-order valence-electron chi connectivity index (χ3n) is 3.82. The Labute approximate surface area is 115 Å². The lowest BCUT2D eigenvalue weighted by Crippen LogP contribution is -2.52. The van der Waals surface area contributed by atoms with E-state index in [-0.39, 0.29) is 24.7 Å². The second-order valence-corrected chi connectivity index (χ2v) is 7.54. The Morgan fingerprint density at radius 2 is 1.79 bits per heavy atom. The molecular weight excluding hydrogens is 268 g/mol. The number of morpholine rings is 1. The molecule has 2 fully saturated rings. The maximum absolute atomic E-state index is 12.6. The predicted octanol–water partition coefficient (Wildman–Crippen LogP) is 0.0447. The van der Waals surface area contributed by atoms with Gasteiger partial charge in [0.05, 0.1) is 12.2 Å². The standard InChI is InChI=1S/C12H24N2O4S/c1-10-7-14(8-11(2)18-10)19(16,17)13-5-3-12(9-13)4-6-15/h10-12,15H,3-9H2,1-2H3. The van der Waals surface area contributed by atoms with Crippen molar-refractivity contribution in [3.63, 3.8) is 0 Å². The van der Waals surface area contributed by atoms with Crippen LogP contribution in [-0.4, -0.2) is 67.1 Å². The van der Waals surface area contributed by atoms with Crippen LogP contribution in [0.15, 0.2) is 0 Å². The molecule has 112 valence electrons. The minimum absolute atomic E-state index is 0.0608. The van der Waals surface area contributed by atoms with E-state index in [1.165, 1.54) is 4.31 Å². The van der Waals surface area contributed by atoms with E-state index in [2.05, 4.69) is 0 Å². The van der Waals surface area contributed by atoms with Crippen LogP contribution >= 0.6 is 0 Å². The van der Waals surface area contributed by atoms with Crippen LogP contribution in [0.2, 0.25) is 0 Å². The van der Waals surface area contributed by atoms with Gasteiger partial charge < -0.3 is 9.84 Å². The molecule has 0 bridgehead atoms. The third kappa shape index (κ3) is 3.46. The first-order valence-electron chi connectivity index (χ1n) is 6.95. The van der Waals surface area contributed by atoms with Crippen LogP contribution < -0.4 is 0 Å². The van der Waals surface area contributed by atoms with Crippen LogP contribution in [0.3, 0.4) is 0 Å². The molecule has 0 aromatic carbocycles. The van der Waals surface area contributed by atoms with Crippen molar-refractivity contribution in [2.75, 3.05) is 32.8 Å². The van der Waals surface area contributed by atoms with E-state index >= 15 is 0 Å². The maximum Gasteiger partial charge on any atom is 0.282 e. The van der Waals surface area contributed by atoms with Crippen molar-refractivity contribution in [2.45, 2.75) is 38.9 Å². The van der Waals surface area contributed by atoms with Gasteiger partial charge in [0.2, 0.25) is 0 Å². The summed E-state index contributed by atoms with van der Waals surface area (Å²) in [4.78, 5) is 0. The van der Waals surface area contributed by atoms with Gasteiger partial charge in [-0.2, -0.15) is 17.0 Å². The van der Waals surface area contributed by atoms with E-state index in [4.69, 9.17) is 9.84 Å². The fourth-order valence-electron chi connectivity index (χ4n) is 2.91. The van der Waals surface area contributed by atoms with Crippen LogP contribution in [-0.2, 0) is 14.9 Å². The molecule has 2 saturated heterocycles. The van der Waals surface area contributed by atoms with Crippen molar-refractivity contribution in [2.24, 2.45) is 5.92 Å². The first-order chi connectivity index (χ1) is 8.93. The number of hydrogen-bond donors (Lipinski definition) is 1. The highest BCUT2D eigenvalue weighted by molar-refractivity contribution is 7.86. The van der Waals surface area contributed by atoms with Crippen LogP contribution in [0.1, 0.15) is 26.7 Å². The van der Waals surface area contributed by atoms with Gasteiger partial charge in [0, 0.05) is 32.8 Å². The molecule has 3 unspecified atom stereocenters. The van der Waals surface area contributed by atoms with Crippen molar-refractivity contribution < 1.29 is 18.3 Å². The van der Waals surface area contributed by atoms with Crippen LogP contribution in [0.4, 0.5) is 0 Å². The molecule has 0 saturated carbocycles. The molecule has 0 aromatic heterocycles. The van der Waals surface area contributed by atoms with E-state index in [0.717, 1.165) is 6.42 Å². The maximum atomic E-state index is 12.6. The summed E-state index contributed by atoms with van der Waals surface area (Å²) >= 11 is 0. The fourth-order valence-corrected chi connectivity index (χ4v) is 4.77. The van der Waals surface area contributed by atoms with Gasteiger partial charge in [-0.3, -0.25) is 0 Å². The fraction of sp³-hybridized carbons (Fsp3) is 1.00. The Morgan fingerprint density at radius 3 is 2.37 bits per heavy atom. The van der Waals surface area contributed by atoms with Gasteiger partial charge in [-0.15, -0.1) is 0 Å². The molecule has 2 aliphatic heterocycles. The average Bonchev–Trinajstić information content (AvgIpc) is 2.77. The Bertz CT molecular complexity index is 391. The van der Waals surface area contributed by atoms with Crippen LogP contribution in [0.25, 0.3) is 0 Å². The van der Waals surface area contributed by atoms with Crippen molar-refractivity contribution in [1.82, 2.24) is 8.61 Å². The monoisotopic (exact) mass is 292 g/mol. The predicted molar refractivity (Wildman–Crippen MR) is 71.9 cm³/mol. The summed E-state index contributed by atoms with van der Waals surface area (Å²) in [5.41, 5.74) is 0. The molecule has 2 rings (SSSR count). The lowest BCUT2D eigenvalue weighted by atomic mass is 10.1. The number of nitrogens with zero attached hydrogens (tertiary/aromatic N) is 2. The summed E-state index contributed by atoms with van der Waals surface area (Å²) in [5, 5.41) is 8.94. The molecule has 3 atom stereocenters. The molecule has 1 N–H and O–H groups in total. The summed E-state index contributed by atoms with van der Waals surface area (Å²) in [6.07, 6.45) is 1.40. The van der Waals surface area contributed by atoms with Gasteiger partial charge in [-0.25, -0.2) is 0 Å². The molecule has 0 aliphatic carbocycles. The van der Waals surface area contributed by atoms with E-state index < -0.39 is 10.2 Å². The van der Waals surface area contributed by atoms with E-state index in [1.807, 2.05) is 13.8 Å². The summed E-state index contributed by atoms with van der Waals surface area (Å²) < 4.78 is 33.8. The van der Waals surface area contributed by atoms with Gasteiger partial charge in [0.25, 0.3) is 10.2 Å². The second kappa shape index (κ2) is 6.05. The van der Waals surface area contributed by atoms with E-state index in [0.29, 0.717) is 32.6 Å². The summed E-state index contributed by atoms with van der Waals surface area (Å²) in [7, 11) is -3.37. The normalized spacial score (nSPS) is 34.8. The van der Waals surface area contributed by atoms with Gasteiger partial charge in [-0.1, -0.05) is 0 Å². The highest BCUT2D eigenvalue weighted by Crippen LogP contribution is 2.25. The first-order valence-corrected chi connectivity index (χ1v) is 8.34. The Morgan fingerprint density at radius 1 is 1.16 bits per heavy atom. The Hall–Kier alpha value is -0.210. The highest BCUT2D eigenvalue weighted by Gasteiger charge is 2.38. The van der Waals surface area contributed by atoms with E-state index in [1.54, 1.807) is 4.31 Å². The third-order valence-corrected chi connectivity index (χ3v) is 5.76. The van der Waals surface area contributed by atoms with Crippen molar-refractivity contribution in [3.05, 3.63) is 0 Å². The lowest BCUT2D eigenvalue weighted by Gasteiger charge is -2.36. The number of aliphatic hydroxyl groups excluding tert-OH is 1. The van der Waals surface area contributed by atoms with E-state index in [9.17, 15) is 8.42 Å². The highest BCUT2D eigenvalue weighted by atomic mass is 32.2. The van der Waals surface area contributed by atoms with Gasteiger partial charge in [-0.05, 0) is 32.6 Å². The molecular formula is C12H24N2O4S. The molecule has 19 heavy (non-hydrogen) atoms. The zero-order valence-corrected chi connectivity index (χ0v) is 12.5. The molecule has 7 heteroatoms. The first kappa shape index (κ1) is 15.2. The van der Waals surface area contributed by atoms with Gasteiger partial charge in [0.1, 0.15) is 0 Å². The molecule has 6 nitrogen and oxygen atoms in total. The average molecular weight is 292 g/mol.